The van der Waals surface area contributed by atoms with Crippen LogP contribution in [0.4, 0.5) is 19.3 Å². The van der Waals surface area contributed by atoms with Gasteiger partial charge in [0.1, 0.15) is 11.6 Å². The lowest BCUT2D eigenvalue weighted by molar-refractivity contribution is -0.153. The third kappa shape index (κ3) is 4.10. The van der Waals surface area contributed by atoms with E-state index in [4.69, 9.17) is 16.3 Å². The van der Waals surface area contributed by atoms with Crippen LogP contribution >= 0.6 is 11.6 Å². The molecule has 2 aromatic carbocycles. The minimum absolute atomic E-state index is 0.00705. The third-order valence-electron chi connectivity index (χ3n) is 7.35. The van der Waals surface area contributed by atoms with Crippen LogP contribution in [0.25, 0.3) is 0 Å². The first-order valence-electron chi connectivity index (χ1n) is 12.0. The van der Waals surface area contributed by atoms with Gasteiger partial charge in [-0.25, -0.2) is 13.6 Å². The number of nitrogens with zero attached hydrogens (tertiary/aromatic N) is 2. The van der Waals surface area contributed by atoms with Gasteiger partial charge in [-0.3, -0.25) is 25.0 Å². The van der Waals surface area contributed by atoms with Crippen molar-refractivity contribution in [2.45, 2.75) is 45.1 Å². The second-order valence-corrected chi connectivity index (χ2v) is 10.4. The van der Waals surface area contributed by atoms with Gasteiger partial charge in [0.2, 0.25) is 11.8 Å². The normalized spacial score (nSPS) is 23.9. The highest BCUT2D eigenvalue weighted by atomic mass is 35.5. The zero-order valence-electron chi connectivity index (χ0n) is 20.8. The van der Waals surface area contributed by atoms with Crippen LogP contribution < -0.4 is 15.5 Å². The van der Waals surface area contributed by atoms with Gasteiger partial charge in [-0.05, 0) is 49.2 Å². The number of ether oxygens (including phenoxy) is 1. The van der Waals surface area contributed by atoms with Crippen molar-refractivity contribution in [1.82, 2.24) is 15.5 Å². The van der Waals surface area contributed by atoms with Crippen molar-refractivity contribution < 1.29 is 32.7 Å². The van der Waals surface area contributed by atoms with E-state index in [0.29, 0.717) is 5.56 Å². The molecule has 9 nitrogen and oxygen atoms in total. The number of amides is 5. The fourth-order valence-corrected chi connectivity index (χ4v) is 6.07. The molecule has 0 unspecified atom stereocenters. The minimum Gasteiger partial charge on any atom is -0.372 e. The fourth-order valence-electron chi connectivity index (χ4n) is 5.86. The molecule has 0 radical (unpaired) electrons. The first kappa shape index (κ1) is 26.1. The first-order chi connectivity index (χ1) is 17.9. The van der Waals surface area contributed by atoms with Crippen molar-refractivity contribution in [2.75, 3.05) is 18.5 Å². The SMILES string of the molecule is C[C@@H]1CN2c3c(F)cc(C(=O)N(C)Cc4ccc(F)c(Cl)c4)cc3CC3(C(=O)NC(=O)NC3=O)[C@H]2[C@H](C)O1. The van der Waals surface area contributed by atoms with E-state index in [-0.39, 0.29) is 47.5 Å². The number of morpholine rings is 1. The number of hydrogen-bond donors (Lipinski definition) is 2. The molecule has 3 aliphatic rings. The number of benzene rings is 2. The van der Waals surface area contributed by atoms with Crippen LogP contribution in [0.1, 0.15) is 35.3 Å². The number of nitrogens with one attached hydrogen (secondary N) is 2. The van der Waals surface area contributed by atoms with Crippen molar-refractivity contribution in [3.63, 3.8) is 0 Å². The molecule has 0 bridgehead atoms. The molecule has 2 saturated heterocycles. The van der Waals surface area contributed by atoms with Crippen molar-refractivity contribution in [2.24, 2.45) is 5.41 Å². The van der Waals surface area contributed by atoms with Gasteiger partial charge in [0.15, 0.2) is 5.41 Å². The molecule has 0 aliphatic carbocycles. The predicted octanol–water partition coefficient (Wildman–Crippen LogP) is 2.78. The number of urea groups is 1. The largest absolute Gasteiger partial charge is 0.372 e. The number of barbiturate groups is 1. The van der Waals surface area contributed by atoms with Gasteiger partial charge in [-0.1, -0.05) is 17.7 Å². The van der Waals surface area contributed by atoms with Gasteiger partial charge in [0.05, 0.1) is 29.0 Å². The molecular formula is C26H25ClF2N4O5. The van der Waals surface area contributed by atoms with E-state index in [1.54, 1.807) is 18.7 Å². The Labute approximate surface area is 222 Å². The third-order valence-corrected chi connectivity index (χ3v) is 7.64. The lowest BCUT2D eigenvalue weighted by Gasteiger charge is -2.55. The Hall–Kier alpha value is -3.57. The molecule has 3 heterocycles. The number of hydrogen-bond acceptors (Lipinski definition) is 6. The van der Waals surface area contributed by atoms with E-state index in [1.807, 2.05) is 0 Å². The Kier molecular flexibility index (Phi) is 6.39. The van der Waals surface area contributed by atoms with Crippen LogP contribution in [0.15, 0.2) is 30.3 Å². The van der Waals surface area contributed by atoms with Crippen LogP contribution in [0.3, 0.4) is 0 Å². The summed E-state index contributed by atoms with van der Waals surface area (Å²) < 4.78 is 35.2. The number of fused-ring (bicyclic) bond motifs is 4. The lowest BCUT2D eigenvalue weighted by Crippen LogP contribution is -2.75. The Morgan fingerprint density at radius 3 is 2.47 bits per heavy atom. The fraction of sp³-hybridized carbons (Fsp3) is 0.385. The van der Waals surface area contributed by atoms with Gasteiger partial charge < -0.3 is 14.5 Å². The highest BCUT2D eigenvalue weighted by Crippen LogP contribution is 2.47. The maximum absolute atomic E-state index is 15.7. The average Bonchev–Trinajstić information content (AvgIpc) is 2.83. The summed E-state index contributed by atoms with van der Waals surface area (Å²) in [4.78, 5) is 54.6. The highest BCUT2D eigenvalue weighted by Gasteiger charge is 2.63. The van der Waals surface area contributed by atoms with Crippen LogP contribution in [-0.2, 0) is 27.3 Å². The standard InChI is InChI=1S/C26H25ClF2N4O5/c1-12-10-33-20-16(9-26(21(33)13(2)38-12)23(35)30-25(37)31-24(26)36)7-15(8-19(20)29)22(34)32(3)11-14-4-5-18(28)17(27)6-14/h4-8,12-13,21H,9-11H2,1-3H3,(H2,30,31,35,36,37)/t12-,13+,21-/m1/s1. The van der Waals surface area contributed by atoms with Crippen LogP contribution in [0.2, 0.25) is 5.02 Å². The number of carbonyl (C=O) groups excluding carboxylic acids is 4. The summed E-state index contributed by atoms with van der Waals surface area (Å²) in [7, 11) is 1.51. The number of imide groups is 2. The molecule has 200 valence electrons. The molecule has 5 amide bonds. The molecular weight excluding hydrogens is 522 g/mol. The summed E-state index contributed by atoms with van der Waals surface area (Å²) in [6.07, 6.45) is -1.23. The monoisotopic (exact) mass is 546 g/mol. The molecule has 0 saturated carbocycles. The summed E-state index contributed by atoms with van der Waals surface area (Å²) in [5, 5.41) is 4.26. The molecule has 3 atom stereocenters. The second-order valence-electron chi connectivity index (χ2n) is 10.0. The zero-order valence-corrected chi connectivity index (χ0v) is 21.6. The van der Waals surface area contributed by atoms with E-state index >= 15 is 4.39 Å². The van der Waals surface area contributed by atoms with Gasteiger partial charge >= 0.3 is 6.03 Å². The molecule has 2 aromatic rings. The molecule has 3 aliphatic heterocycles. The summed E-state index contributed by atoms with van der Waals surface area (Å²) in [5.41, 5.74) is -0.740. The Morgan fingerprint density at radius 2 is 1.82 bits per heavy atom. The van der Waals surface area contributed by atoms with Crippen LogP contribution in [0, 0.1) is 17.0 Å². The van der Waals surface area contributed by atoms with E-state index in [1.165, 1.54) is 36.2 Å². The lowest BCUT2D eigenvalue weighted by atomic mass is 9.66. The van der Waals surface area contributed by atoms with Gasteiger partial charge in [-0.15, -0.1) is 0 Å². The molecule has 0 aromatic heterocycles. The molecule has 38 heavy (non-hydrogen) atoms. The van der Waals surface area contributed by atoms with Crippen LogP contribution in [0.5, 0.6) is 0 Å². The van der Waals surface area contributed by atoms with Crippen molar-refractivity contribution >= 4 is 41.0 Å². The van der Waals surface area contributed by atoms with E-state index in [2.05, 4.69) is 10.6 Å². The van der Waals surface area contributed by atoms with Gasteiger partial charge in [-0.2, -0.15) is 0 Å². The Morgan fingerprint density at radius 1 is 1.13 bits per heavy atom. The first-order valence-corrected chi connectivity index (χ1v) is 12.4. The Balaban J connectivity index is 1.55. The molecule has 12 heteroatoms. The second kappa shape index (κ2) is 9.32. The Bertz CT molecular complexity index is 1370. The molecule has 1 spiro atoms. The van der Waals surface area contributed by atoms with Crippen molar-refractivity contribution in [3.8, 4) is 0 Å². The molecule has 5 rings (SSSR count). The topological polar surface area (TPSA) is 108 Å². The average molecular weight is 547 g/mol. The summed E-state index contributed by atoms with van der Waals surface area (Å²) in [6, 6.07) is 4.86. The van der Waals surface area contributed by atoms with Crippen molar-refractivity contribution in [3.05, 3.63) is 63.7 Å². The number of carbonyl (C=O) groups is 4. The van der Waals surface area contributed by atoms with Gasteiger partial charge in [0.25, 0.3) is 5.91 Å². The number of anilines is 1. The minimum atomic E-state index is -1.79. The van der Waals surface area contributed by atoms with E-state index < -0.39 is 52.9 Å². The summed E-state index contributed by atoms with van der Waals surface area (Å²) in [6.45, 7) is 3.76. The molecule has 2 fully saturated rings. The van der Waals surface area contributed by atoms with Crippen molar-refractivity contribution in [1.29, 1.82) is 0 Å². The molecule has 2 N–H and O–H groups in total. The predicted molar refractivity (Wildman–Crippen MR) is 133 cm³/mol. The smallest absolute Gasteiger partial charge is 0.328 e. The highest BCUT2D eigenvalue weighted by molar-refractivity contribution is 6.30. The van der Waals surface area contributed by atoms with Gasteiger partial charge in [0, 0.05) is 32.1 Å². The maximum atomic E-state index is 15.7. The number of rotatable bonds is 3. The van der Waals surface area contributed by atoms with E-state index in [0.717, 1.165) is 6.07 Å². The summed E-state index contributed by atoms with van der Waals surface area (Å²) >= 11 is 5.85. The zero-order chi connectivity index (χ0) is 27.5. The maximum Gasteiger partial charge on any atom is 0.328 e. The van der Waals surface area contributed by atoms with Crippen LogP contribution in [-0.4, -0.2) is 60.5 Å². The number of halogens is 3. The summed E-state index contributed by atoms with van der Waals surface area (Å²) in [5.74, 6) is -3.41. The van der Waals surface area contributed by atoms with E-state index in [9.17, 15) is 23.6 Å². The quantitative estimate of drug-likeness (QED) is 0.573.